The van der Waals surface area contributed by atoms with Gasteiger partial charge in [0.1, 0.15) is 0 Å². The van der Waals surface area contributed by atoms with Crippen LogP contribution in [0.2, 0.25) is 0 Å². The van der Waals surface area contributed by atoms with Gasteiger partial charge in [0, 0.05) is 30.5 Å². The molecule has 0 bridgehead atoms. The number of hydrogen-bond acceptors (Lipinski definition) is 4. The minimum atomic E-state index is -0.829. The molecule has 0 atom stereocenters. The Kier molecular flexibility index (Phi) is 6.91. The molecule has 1 aliphatic carbocycles. The summed E-state index contributed by atoms with van der Waals surface area (Å²) >= 11 is 0. The van der Waals surface area contributed by atoms with E-state index in [1.807, 2.05) is 43.9 Å². The summed E-state index contributed by atoms with van der Waals surface area (Å²) in [5.41, 5.74) is 2.65. The zero-order chi connectivity index (χ0) is 19.3. The highest BCUT2D eigenvalue weighted by Crippen LogP contribution is 2.25. The number of carboxylic acids is 1. The lowest BCUT2D eigenvalue weighted by molar-refractivity contribution is -0.139. The van der Waals surface area contributed by atoms with E-state index in [0.717, 1.165) is 24.0 Å². The van der Waals surface area contributed by atoms with E-state index >= 15 is 0 Å². The van der Waals surface area contributed by atoms with Crippen LogP contribution in [0, 0.1) is 13.8 Å². The van der Waals surface area contributed by atoms with Crippen LogP contribution in [-0.2, 0) is 9.59 Å². The lowest BCUT2D eigenvalue weighted by Gasteiger charge is -2.42. The zero-order valence-corrected chi connectivity index (χ0v) is 15.7. The summed E-state index contributed by atoms with van der Waals surface area (Å²) in [6.07, 6.45) is 1.90. The summed E-state index contributed by atoms with van der Waals surface area (Å²) in [4.78, 5) is 37.2. The van der Waals surface area contributed by atoms with Crippen LogP contribution < -0.4 is 5.32 Å². The number of nitrogens with zero attached hydrogens (tertiary/aromatic N) is 1. The van der Waals surface area contributed by atoms with Crippen molar-refractivity contribution >= 4 is 17.7 Å². The van der Waals surface area contributed by atoms with Crippen molar-refractivity contribution in [1.82, 2.24) is 10.2 Å². The quantitative estimate of drug-likeness (QED) is 0.660. The number of carboxylic acid groups (broad SMARTS) is 1. The summed E-state index contributed by atoms with van der Waals surface area (Å²) in [6.45, 7) is 6.50. The Morgan fingerprint density at radius 1 is 1.19 bits per heavy atom. The number of nitrogens with one attached hydrogen (secondary N) is 1. The van der Waals surface area contributed by atoms with Gasteiger partial charge in [-0.25, -0.2) is 0 Å². The molecular formula is C20H28N2O4. The Hall–Kier alpha value is -2.21. The summed E-state index contributed by atoms with van der Waals surface area (Å²) in [7, 11) is 0. The molecule has 6 heteroatoms. The van der Waals surface area contributed by atoms with Gasteiger partial charge in [0.2, 0.25) is 5.91 Å². The number of ketones is 1. The number of hydrogen-bond donors (Lipinski definition) is 2. The zero-order valence-electron chi connectivity index (χ0n) is 15.7. The summed E-state index contributed by atoms with van der Waals surface area (Å²) in [5.74, 6) is -0.955. The number of rotatable bonds is 9. The van der Waals surface area contributed by atoms with E-state index in [2.05, 4.69) is 5.32 Å². The normalized spacial score (nSPS) is 19.1. The molecule has 0 radical (unpaired) electrons. The van der Waals surface area contributed by atoms with Crippen LogP contribution in [-0.4, -0.2) is 52.8 Å². The van der Waals surface area contributed by atoms with Crippen LogP contribution >= 0.6 is 0 Å². The number of carbonyl (C=O) groups is 3. The van der Waals surface area contributed by atoms with Crippen LogP contribution in [0.1, 0.15) is 54.1 Å². The molecule has 26 heavy (non-hydrogen) atoms. The summed E-state index contributed by atoms with van der Waals surface area (Å²) < 4.78 is 0. The minimum Gasteiger partial charge on any atom is -0.480 e. The van der Waals surface area contributed by atoms with Gasteiger partial charge in [0.15, 0.2) is 5.78 Å². The van der Waals surface area contributed by atoms with Crippen molar-refractivity contribution in [2.24, 2.45) is 0 Å². The molecule has 0 spiro atoms. The van der Waals surface area contributed by atoms with Crippen molar-refractivity contribution in [3.05, 3.63) is 34.9 Å². The predicted octanol–water partition coefficient (Wildman–Crippen LogP) is 2.32. The van der Waals surface area contributed by atoms with Gasteiger partial charge in [-0.15, -0.1) is 0 Å². The van der Waals surface area contributed by atoms with Gasteiger partial charge in [-0.2, -0.15) is 0 Å². The van der Waals surface area contributed by atoms with Crippen molar-refractivity contribution in [3.8, 4) is 0 Å². The summed E-state index contributed by atoms with van der Waals surface area (Å²) in [5, 5.41) is 11.9. The van der Waals surface area contributed by atoms with Crippen molar-refractivity contribution in [1.29, 1.82) is 0 Å². The van der Waals surface area contributed by atoms with Crippen molar-refractivity contribution in [2.75, 3.05) is 13.1 Å². The van der Waals surface area contributed by atoms with Crippen LogP contribution in [0.5, 0.6) is 0 Å². The molecular weight excluding hydrogens is 332 g/mol. The van der Waals surface area contributed by atoms with Gasteiger partial charge in [-0.05, 0) is 44.9 Å². The third kappa shape index (κ3) is 5.39. The van der Waals surface area contributed by atoms with Crippen LogP contribution in [0.3, 0.4) is 0 Å². The van der Waals surface area contributed by atoms with Crippen molar-refractivity contribution in [3.63, 3.8) is 0 Å². The Morgan fingerprint density at radius 3 is 2.50 bits per heavy atom. The second kappa shape index (κ2) is 8.94. The van der Waals surface area contributed by atoms with Crippen molar-refractivity contribution in [2.45, 2.75) is 58.5 Å². The fourth-order valence-corrected chi connectivity index (χ4v) is 3.37. The van der Waals surface area contributed by atoms with Gasteiger partial charge in [0.25, 0.3) is 0 Å². The highest BCUT2D eigenvalue weighted by molar-refractivity contribution is 5.99. The van der Waals surface area contributed by atoms with E-state index < -0.39 is 5.97 Å². The second-order valence-electron chi connectivity index (χ2n) is 7.09. The smallest absolute Gasteiger partial charge is 0.317 e. The Morgan fingerprint density at radius 2 is 1.88 bits per heavy atom. The van der Waals surface area contributed by atoms with Gasteiger partial charge in [-0.3, -0.25) is 19.3 Å². The highest BCUT2D eigenvalue weighted by atomic mass is 16.4. The number of likely N-dealkylation sites (N-methyl/N-ethyl adjacent to an activating group) is 1. The maximum absolute atomic E-state index is 12.3. The van der Waals surface area contributed by atoms with Gasteiger partial charge < -0.3 is 10.4 Å². The number of benzene rings is 1. The van der Waals surface area contributed by atoms with E-state index in [9.17, 15) is 14.4 Å². The third-order valence-corrected chi connectivity index (χ3v) is 5.01. The first-order valence-electron chi connectivity index (χ1n) is 9.15. The molecule has 1 aromatic carbocycles. The second-order valence-corrected chi connectivity index (χ2v) is 7.09. The van der Waals surface area contributed by atoms with E-state index in [0.29, 0.717) is 12.1 Å². The Balaban J connectivity index is 1.74. The summed E-state index contributed by atoms with van der Waals surface area (Å²) in [6, 6.07) is 6.04. The lowest BCUT2D eigenvalue weighted by atomic mass is 9.85. The largest absolute Gasteiger partial charge is 0.480 e. The van der Waals surface area contributed by atoms with Gasteiger partial charge in [-0.1, -0.05) is 24.6 Å². The average Bonchev–Trinajstić information content (AvgIpc) is 2.55. The molecule has 1 aliphatic rings. The van der Waals surface area contributed by atoms with E-state index in [1.165, 1.54) is 0 Å². The topological polar surface area (TPSA) is 86.7 Å². The van der Waals surface area contributed by atoms with Gasteiger partial charge in [0.05, 0.1) is 6.54 Å². The van der Waals surface area contributed by atoms with E-state index in [4.69, 9.17) is 5.11 Å². The monoisotopic (exact) mass is 360 g/mol. The van der Waals surface area contributed by atoms with E-state index in [1.54, 1.807) is 0 Å². The molecule has 2 N–H and O–H groups in total. The molecule has 0 heterocycles. The Labute approximate surface area is 154 Å². The maximum Gasteiger partial charge on any atom is 0.317 e. The first-order valence-corrected chi connectivity index (χ1v) is 9.15. The molecule has 1 amide bonds. The predicted molar refractivity (Wildman–Crippen MR) is 99.3 cm³/mol. The molecule has 1 fully saturated rings. The maximum atomic E-state index is 12.3. The number of Topliss-reactive ketones (excluding diaryl/α,β-unsaturated/α-hetero) is 1. The minimum absolute atomic E-state index is 0.00791. The molecule has 0 saturated heterocycles. The average molecular weight is 360 g/mol. The molecule has 2 rings (SSSR count). The molecule has 1 aromatic rings. The van der Waals surface area contributed by atoms with Crippen LogP contribution in [0.25, 0.3) is 0 Å². The number of aliphatic carboxylic acids is 1. The van der Waals surface area contributed by atoms with Crippen LogP contribution in [0.15, 0.2) is 18.2 Å². The molecule has 142 valence electrons. The molecule has 1 saturated carbocycles. The standard InChI is InChI=1S/C20H28N2O4/c1-4-22(12-20(25)26)16-10-15(11-16)21-19(24)8-7-18(23)17-9-13(2)5-6-14(17)3/h5-6,9,15-16H,4,7-8,10-12H2,1-3H3,(H,21,24)(H,25,26). The van der Waals surface area contributed by atoms with Crippen molar-refractivity contribution < 1.29 is 19.5 Å². The number of amides is 1. The number of aryl methyl sites for hydroxylation is 2. The number of carbonyl (C=O) groups excluding carboxylic acids is 2. The van der Waals surface area contributed by atoms with Crippen LogP contribution in [0.4, 0.5) is 0 Å². The SMILES string of the molecule is CCN(CC(=O)O)C1CC(NC(=O)CCC(=O)c2cc(C)ccc2C)C1. The first-order chi connectivity index (χ1) is 12.3. The molecule has 0 unspecified atom stereocenters. The first kappa shape index (κ1) is 20.1. The third-order valence-electron chi connectivity index (χ3n) is 5.01. The Bertz CT molecular complexity index is 680. The fraction of sp³-hybridized carbons (Fsp3) is 0.550. The van der Waals surface area contributed by atoms with Gasteiger partial charge >= 0.3 is 5.97 Å². The fourth-order valence-electron chi connectivity index (χ4n) is 3.37. The molecule has 0 aliphatic heterocycles. The van der Waals surface area contributed by atoms with E-state index in [-0.39, 0.29) is 43.2 Å². The molecule has 6 nitrogen and oxygen atoms in total. The molecule has 0 aromatic heterocycles. The highest BCUT2D eigenvalue weighted by Gasteiger charge is 2.34. The lowest BCUT2D eigenvalue weighted by Crippen LogP contribution is -2.54.